The van der Waals surface area contributed by atoms with Gasteiger partial charge in [0.05, 0.1) is 9.61 Å². The first kappa shape index (κ1) is 15.5. The first-order chi connectivity index (χ1) is 7.04. The predicted molar refractivity (Wildman–Crippen MR) is 73.8 cm³/mol. The summed E-state index contributed by atoms with van der Waals surface area (Å²) in [4.78, 5) is 11.2. The summed E-state index contributed by atoms with van der Waals surface area (Å²) < 4.78 is 0.759. The number of benzene rings is 1. The summed E-state index contributed by atoms with van der Waals surface area (Å²) in [5.74, 6) is 0.0611. The van der Waals surface area contributed by atoms with Gasteiger partial charge in [0.2, 0.25) is 5.91 Å². The molecule has 0 saturated carbocycles. The minimum atomic E-state index is -0.546. The van der Waals surface area contributed by atoms with Crippen LogP contribution in [0.4, 0.5) is 0 Å². The van der Waals surface area contributed by atoms with Gasteiger partial charge in [-0.05, 0) is 46.7 Å². The van der Waals surface area contributed by atoms with E-state index in [-0.39, 0.29) is 24.1 Å². The van der Waals surface area contributed by atoms with Crippen LogP contribution in [-0.4, -0.2) is 24.1 Å². The zero-order valence-corrected chi connectivity index (χ0v) is 11.7. The van der Waals surface area contributed by atoms with Crippen LogP contribution >= 0.6 is 35.0 Å². The highest BCUT2D eigenvalue weighted by atomic mass is 127. The van der Waals surface area contributed by atoms with Crippen molar-refractivity contribution in [2.24, 2.45) is 5.73 Å². The van der Waals surface area contributed by atoms with Crippen LogP contribution in [0.25, 0.3) is 0 Å². The minimum absolute atomic E-state index is 0. The number of nitrogens with two attached hydrogens (primary N) is 1. The van der Waals surface area contributed by atoms with Crippen molar-refractivity contribution < 1.29 is 9.90 Å². The highest BCUT2D eigenvalue weighted by Gasteiger charge is 2.12. The Morgan fingerprint density at radius 2 is 2.25 bits per heavy atom. The van der Waals surface area contributed by atoms with Gasteiger partial charge in [-0.15, -0.1) is 12.4 Å². The summed E-state index contributed by atoms with van der Waals surface area (Å²) in [7, 11) is 1.56. The zero-order valence-electron chi connectivity index (χ0n) is 8.74. The van der Waals surface area contributed by atoms with E-state index in [1.165, 1.54) is 0 Å². The molecule has 0 aliphatic carbocycles. The molecule has 4 nitrogen and oxygen atoms in total. The highest BCUT2D eigenvalue weighted by molar-refractivity contribution is 14.1. The zero-order chi connectivity index (χ0) is 11.4. The lowest BCUT2D eigenvalue weighted by Crippen LogP contribution is -2.40. The van der Waals surface area contributed by atoms with E-state index in [0.29, 0.717) is 6.42 Å². The molecule has 16 heavy (non-hydrogen) atoms. The number of phenols is 1. The second-order valence-electron chi connectivity index (χ2n) is 3.21. The number of phenolic OH excluding ortho intramolecular Hbond substituents is 1. The summed E-state index contributed by atoms with van der Waals surface area (Å²) in [6.45, 7) is 0. The summed E-state index contributed by atoms with van der Waals surface area (Å²) in [5.41, 5.74) is 6.61. The van der Waals surface area contributed by atoms with E-state index in [4.69, 9.17) is 5.73 Å². The summed E-state index contributed by atoms with van der Waals surface area (Å²) in [5, 5.41) is 11.8. The molecule has 4 N–H and O–H groups in total. The third-order valence-corrected chi connectivity index (χ3v) is 2.91. The second-order valence-corrected chi connectivity index (χ2v) is 4.37. The molecule has 0 aliphatic rings. The molecule has 1 unspecified atom stereocenters. The Bertz CT molecular complexity index is 374. The van der Waals surface area contributed by atoms with Crippen LogP contribution in [0.15, 0.2) is 18.2 Å². The van der Waals surface area contributed by atoms with Gasteiger partial charge in [0, 0.05) is 7.05 Å². The fraction of sp³-hybridized carbons (Fsp3) is 0.300. The van der Waals surface area contributed by atoms with Crippen molar-refractivity contribution >= 4 is 40.9 Å². The van der Waals surface area contributed by atoms with Crippen LogP contribution in [0, 0.1) is 3.57 Å². The van der Waals surface area contributed by atoms with Gasteiger partial charge in [0.25, 0.3) is 0 Å². The number of rotatable bonds is 3. The van der Waals surface area contributed by atoms with Crippen molar-refractivity contribution in [3.8, 4) is 5.75 Å². The molecule has 0 saturated heterocycles. The first-order valence-electron chi connectivity index (χ1n) is 4.49. The number of carbonyl (C=O) groups excluding carboxylic acids is 1. The number of hydrogen-bond acceptors (Lipinski definition) is 3. The van der Waals surface area contributed by atoms with Gasteiger partial charge >= 0.3 is 0 Å². The molecule has 6 heteroatoms. The molecule has 0 aromatic heterocycles. The van der Waals surface area contributed by atoms with Crippen molar-refractivity contribution in [1.82, 2.24) is 5.32 Å². The lowest BCUT2D eigenvalue weighted by molar-refractivity contribution is -0.121. The average Bonchev–Trinajstić information content (AvgIpc) is 2.22. The van der Waals surface area contributed by atoms with Gasteiger partial charge in [-0.25, -0.2) is 0 Å². The summed E-state index contributed by atoms with van der Waals surface area (Å²) >= 11 is 2.03. The average molecular weight is 357 g/mol. The molecule has 1 aromatic carbocycles. The number of carbonyl (C=O) groups is 1. The molecule has 0 bridgehead atoms. The molecule has 1 aromatic rings. The van der Waals surface area contributed by atoms with E-state index in [2.05, 4.69) is 5.32 Å². The second kappa shape index (κ2) is 6.93. The smallest absolute Gasteiger partial charge is 0.237 e. The Labute approximate surface area is 114 Å². The molecule has 1 amide bonds. The van der Waals surface area contributed by atoms with Crippen molar-refractivity contribution in [2.45, 2.75) is 12.5 Å². The van der Waals surface area contributed by atoms with E-state index in [1.54, 1.807) is 19.2 Å². The van der Waals surface area contributed by atoms with Crippen molar-refractivity contribution in [1.29, 1.82) is 0 Å². The molecular weight excluding hydrogens is 342 g/mol. The molecule has 1 rings (SSSR count). The van der Waals surface area contributed by atoms with Gasteiger partial charge in [-0.2, -0.15) is 0 Å². The number of nitrogens with one attached hydrogen (secondary N) is 1. The molecule has 90 valence electrons. The Hall–Kier alpha value is -0.530. The maximum absolute atomic E-state index is 11.2. The van der Waals surface area contributed by atoms with E-state index < -0.39 is 6.04 Å². The van der Waals surface area contributed by atoms with Gasteiger partial charge in [-0.3, -0.25) is 4.79 Å². The predicted octanol–water partition coefficient (Wildman–Crippen LogP) is 1.03. The summed E-state index contributed by atoms with van der Waals surface area (Å²) in [6.07, 6.45) is 0.468. The minimum Gasteiger partial charge on any atom is -0.507 e. The highest BCUT2D eigenvalue weighted by Crippen LogP contribution is 2.20. The molecule has 0 heterocycles. The lowest BCUT2D eigenvalue weighted by Gasteiger charge is -2.10. The van der Waals surface area contributed by atoms with E-state index in [1.807, 2.05) is 28.7 Å². The quantitative estimate of drug-likeness (QED) is 0.708. The van der Waals surface area contributed by atoms with Crippen LogP contribution < -0.4 is 11.1 Å². The van der Waals surface area contributed by atoms with E-state index in [9.17, 15) is 9.90 Å². The lowest BCUT2D eigenvalue weighted by atomic mass is 10.1. The van der Waals surface area contributed by atoms with Crippen molar-refractivity contribution in [2.75, 3.05) is 7.05 Å². The summed E-state index contributed by atoms with van der Waals surface area (Å²) in [6, 6.07) is 4.64. The monoisotopic (exact) mass is 356 g/mol. The van der Waals surface area contributed by atoms with Gasteiger partial charge in [-0.1, -0.05) is 6.07 Å². The topological polar surface area (TPSA) is 75.4 Å². The van der Waals surface area contributed by atoms with E-state index >= 15 is 0 Å². The Morgan fingerprint density at radius 3 is 2.75 bits per heavy atom. The fourth-order valence-electron chi connectivity index (χ4n) is 1.21. The number of halogens is 2. The number of aromatic hydroxyl groups is 1. The van der Waals surface area contributed by atoms with Crippen LogP contribution in [-0.2, 0) is 11.2 Å². The molecular formula is C10H14ClIN2O2. The largest absolute Gasteiger partial charge is 0.507 e. The van der Waals surface area contributed by atoms with Crippen LogP contribution in [0.1, 0.15) is 5.56 Å². The molecule has 0 spiro atoms. The number of amides is 1. The maximum Gasteiger partial charge on any atom is 0.237 e. The van der Waals surface area contributed by atoms with Crippen LogP contribution in [0.2, 0.25) is 0 Å². The SMILES string of the molecule is CNC(=O)C(N)Cc1ccc(O)c(I)c1.Cl. The Balaban J connectivity index is 0.00000225. The molecule has 0 aliphatic heterocycles. The van der Waals surface area contributed by atoms with Gasteiger partial charge in [0.1, 0.15) is 5.75 Å². The number of likely N-dealkylation sites (N-methyl/N-ethyl adjacent to an activating group) is 1. The van der Waals surface area contributed by atoms with Crippen LogP contribution in [0.5, 0.6) is 5.75 Å². The number of hydrogen-bond donors (Lipinski definition) is 3. The van der Waals surface area contributed by atoms with Gasteiger partial charge < -0.3 is 16.2 Å². The van der Waals surface area contributed by atoms with Crippen LogP contribution in [0.3, 0.4) is 0 Å². The molecule has 0 radical (unpaired) electrons. The fourth-order valence-corrected chi connectivity index (χ4v) is 1.79. The van der Waals surface area contributed by atoms with Gasteiger partial charge in [0.15, 0.2) is 0 Å². The Morgan fingerprint density at radius 1 is 1.62 bits per heavy atom. The van der Waals surface area contributed by atoms with E-state index in [0.717, 1.165) is 9.13 Å². The first-order valence-corrected chi connectivity index (χ1v) is 5.57. The van der Waals surface area contributed by atoms with Crippen molar-refractivity contribution in [3.05, 3.63) is 27.3 Å². The normalized spacial score (nSPS) is 11.4. The third kappa shape index (κ3) is 4.15. The molecule has 0 fully saturated rings. The third-order valence-electron chi connectivity index (χ3n) is 2.05. The van der Waals surface area contributed by atoms with Crippen molar-refractivity contribution in [3.63, 3.8) is 0 Å². The maximum atomic E-state index is 11.2. The molecule has 1 atom stereocenters. The standard InChI is InChI=1S/C10H13IN2O2.ClH/c1-13-10(15)8(12)5-6-2-3-9(14)7(11)4-6;/h2-4,8,14H,5,12H2,1H3,(H,13,15);1H. The Kier molecular flexibility index (Phi) is 6.70.